The summed E-state index contributed by atoms with van der Waals surface area (Å²) < 4.78 is 5.45. The first-order valence-corrected chi connectivity index (χ1v) is 4.44. The summed E-state index contributed by atoms with van der Waals surface area (Å²) in [4.78, 5) is 6.43. The summed E-state index contributed by atoms with van der Waals surface area (Å²) in [6.07, 6.45) is 1.66. The van der Waals surface area contributed by atoms with Gasteiger partial charge in [0.1, 0.15) is 6.61 Å². The van der Waals surface area contributed by atoms with E-state index >= 15 is 0 Å². The van der Waals surface area contributed by atoms with Crippen molar-refractivity contribution in [2.45, 2.75) is 6.92 Å². The van der Waals surface area contributed by atoms with Crippen LogP contribution in [0.15, 0.2) is 12.3 Å². The number of pyridine rings is 1. The fraction of sp³-hybridized carbons (Fsp3) is 0.444. The van der Waals surface area contributed by atoms with Gasteiger partial charge in [-0.15, -0.1) is 0 Å². The van der Waals surface area contributed by atoms with E-state index in [2.05, 4.69) is 16.8 Å². The number of rotatable bonds is 1. The number of ether oxygens (including phenoxy) is 1. The van der Waals surface area contributed by atoms with Crippen LogP contribution in [-0.2, 0) is 0 Å². The number of aromatic nitrogens is 1. The number of anilines is 2. The van der Waals surface area contributed by atoms with Crippen LogP contribution in [0.5, 0.6) is 5.75 Å². The van der Waals surface area contributed by atoms with Crippen molar-refractivity contribution in [2.75, 3.05) is 30.3 Å². The Bertz CT molecular complexity index is 314. The molecule has 0 radical (unpaired) electrons. The third-order valence-corrected chi connectivity index (χ3v) is 2.15. The molecule has 0 atom stereocenters. The molecule has 13 heavy (non-hydrogen) atoms. The molecule has 4 nitrogen and oxygen atoms in total. The topological polar surface area (TPSA) is 51.4 Å². The molecule has 2 heterocycles. The molecule has 0 unspecified atom stereocenters. The van der Waals surface area contributed by atoms with Crippen molar-refractivity contribution in [1.82, 2.24) is 4.98 Å². The minimum atomic E-state index is 0.650. The van der Waals surface area contributed by atoms with Crippen molar-refractivity contribution < 1.29 is 4.74 Å². The zero-order chi connectivity index (χ0) is 9.26. The predicted molar refractivity (Wildman–Crippen MR) is 52.0 cm³/mol. The van der Waals surface area contributed by atoms with Crippen LogP contribution in [0.4, 0.5) is 11.5 Å². The zero-order valence-corrected chi connectivity index (χ0v) is 7.66. The maximum atomic E-state index is 5.61. The van der Waals surface area contributed by atoms with E-state index in [1.807, 2.05) is 6.07 Å². The molecule has 0 spiro atoms. The van der Waals surface area contributed by atoms with Crippen LogP contribution in [0, 0.1) is 0 Å². The van der Waals surface area contributed by atoms with E-state index in [1.165, 1.54) is 0 Å². The minimum Gasteiger partial charge on any atom is -0.488 e. The second-order valence-electron chi connectivity index (χ2n) is 3.02. The molecular formula is C9H13N3O. The Hall–Kier alpha value is -1.45. The Morgan fingerprint density at radius 2 is 2.54 bits per heavy atom. The second kappa shape index (κ2) is 3.12. The summed E-state index contributed by atoms with van der Waals surface area (Å²) in [6, 6.07) is 1.82. The third-order valence-electron chi connectivity index (χ3n) is 2.15. The van der Waals surface area contributed by atoms with Crippen molar-refractivity contribution in [3.05, 3.63) is 12.3 Å². The van der Waals surface area contributed by atoms with Gasteiger partial charge in [-0.2, -0.15) is 0 Å². The van der Waals surface area contributed by atoms with Gasteiger partial charge in [0.15, 0.2) is 11.6 Å². The number of hydrogen-bond donors (Lipinski definition) is 1. The zero-order valence-electron chi connectivity index (χ0n) is 7.66. The lowest BCUT2D eigenvalue weighted by Gasteiger charge is -2.28. The number of nitrogens with two attached hydrogens (primary N) is 1. The fourth-order valence-electron chi connectivity index (χ4n) is 1.48. The molecule has 0 aliphatic carbocycles. The summed E-state index contributed by atoms with van der Waals surface area (Å²) in [7, 11) is 0. The molecule has 70 valence electrons. The number of fused-ring (bicyclic) bond motifs is 1. The molecule has 2 rings (SSSR count). The Morgan fingerprint density at radius 1 is 1.69 bits per heavy atom. The van der Waals surface area contributed by atoms with Crippen LogP contribution in [0.3, 0.4) is 0 Å². The van der Waals surface area contributed by atoms with E-state index in [1.54, 1.807) is 6.20 Å². The molecule has 1 aliphatic heterocycles. The average Bonchev–Trinajstić information content (AvgIpc) is 2.16. The van der Waals surface area contributed by atoms with E-state index in [9.17, 15) is 0 Å². The highest BCUT2D eigenvalue weighted by molar-refractivity contribution is 5.59. The molecule has 1 aliphatic rings. The van der Waals surface area contributed by atoms with E-state index in [4.69, 9.17) is 10.5 Å². The van der Waals surface area contributed by atoms with E-state index in [0.717, 1.165) is 24.7 Å². The van der Waals surface area contributed by atoms with Crippen LogP contribution >= 0.6 is 0 Å². The fourth-order valence-corrected chi connectivity index (χ4v) is 1.48. The molecular weight excluding hydrogens is 166 g/mol. The summed E-state index contributed by atoms with van der Waals surface area (Å²) in [5.41, 5.74) is 6.26. The first-order valence-electron chi connectivity index (χ1n) is 4.44. The van der Waals surface area contributed by atoms with Crippen LogP contribution in [0.25, 0.3) is 0 Å². The van der Waals surface area contributed by atoms with Gasteiger partial charge in [0, 0.05) is 12.6 Å². The third kappa shape index (κ3) is 1.39. The maximum Gasteiger partial charge on any atom is 0.171 e. The smallest absolute Gasteiger partial charge is 0.171 e. The highest BCUT2D eigenvalue weighted by Gasteiger charge is 2.17. The summed E-state index contributed by atoms with van der Waals surface area (Å²) in [6.45, 7) is 4.67. The highest BCUT2D eigenvalue weighted by Crippen LogP contribution is 2.30. The first-order chi connectivity index (χ1) is 6.31. The van der Waals surface area contributed by atoms with E-state index in [0.29, 0.717) is 12.3 Å². The molecule has 1 aromatic heterocycles. The second-order valence-corrected chi connectivity index (χ2v) is 3.02. The van der Waals surface area contributed by atoms with Crippen LogP contribution in [-0.4, -0.2) is 24.7 Å². The molecule has 0 amide bonds. The minimum absolute atomic E-state index is 0.650. The molecule has 0 aromatic carbocycles. The molecule has 0 saturated carbocycles. The molecule has 2 N–H and O–H groups in total. The predicted octanol–water partition coefficient (Wildman–Crippen LogP) is 0.882. The maximum absolute atomic E-state index is 5.61. The summed E-state index contributed by atoms with van der Waals surface area (Å²) in [5, 5.41) is 0. The molecule has 0 saturated heterocycles. The van der Waals surface area contributed by atoms with Crippen molar-refractivity contribution in [1.29, 1.82) is 0 Å². The Labute approximate surface area is 77.3 Å². The van der Waals surface area contributed by atoms with E-state index in [-0.39, 0.29) is 0 Å². The van der Waals surface area contributed by atoms with Gasteiger partial charge in [-0.25, -0.2) is 4.98 Å². The van der Waals surface area contributed by atoms with Gasteiger partial charge in [0.2, 0.25) is 0 Å². The van der Waals surface area contributed by atoms with E-state index < -0.39 is 0 Å². The number of hydrogen-bond acceptors (Lipinski definition) is 4. The largest absolute Gasteiger partial charge is 0.488 e. The summed E-state index contributed by atoms with van der Waals surface area (Å²) >= 11 is 0. The van der Waals surface area contributed by atoms with Crippen molar-refractivity contribution in [2.24, 2.45) is 0 Å². The van der Waals surface area contributed by atoms with Gasteiger partial charge >= 0.3 is 0 Å². The first kappa shape index (κ1) is 8.16. The molecule has 1 aromatic rings. The van der Waals surface area contributed by atoms with Gasteiger partial charge in [0.25, 0.3) is 0 Å². The number of likely N-dealkylation sites (N-methyl/N-ethyl adjacent to an activating group) is 1. The monoisotopic (exact) mass is 179 g/mol. The van der Waals surface area contributed by atoms with Gasteiger partial charge in [-0.1, -0.05) is 0 Å². The molecule has 0 fully saturated rings. The Kier molecular flexibility index (Phi) is 1.96. The normalized spacial score (nSPS) is 15.0. The quantitative estimate of drug-likeness (QED) is 0.695. The van der Waals surface area contributed by atoms with Gasteiger partial charge < -0.3 is 15.4 Å². The van der Waals surface area contributed by atoms with Crippen LogP contribution in [0.1, 0.15) is 6.92 Å². The SMILES string of the molecule is CCN1CCOc2cc(N)cnc21. The standard InChI is InChI=1S/C9H13N3O/c1-2-12-3-4-13-8-5-7(10)6-11-9(8)12/h5-6H,2-4,10H2,1H3. The van der Waals surface area contributed by atoms with Gasteiger partial charge in [0.05, 0.1) is 18.4 Å². The number of nitrogens with zero attached hydrogens (tertiary/aromatic N) is 2. The number of nitrogen functional groups attached to an aromatic ring is 1. The van der Waals surface area contributed by atoms with Crippen LogP contribution < -0.4 is 15.4 Å². The highest BCUT2D eigenvalue weighted by atomic mass is 16.5. The van der Waals surface area contributed by atoms with Gasteiger partial charge in [-0.05, 0) is 6.92 Å². The Balaban J connectivity index is 2.40. The molecule has 4 heteroatoms. The Morgan fingerprint density at radius 3 is 3.31 bits per heavy atom. The van der Waals surface area contributed by atoms with Crippen molar-refractivity contribution in [3.63, 3.8) is 0 Å². The van der Waals surface area contributed by atoms with Gasteiger partial charge in [-0.3, -0.25) is 0 Å². The molecule has 0 bridgehead atoms. The average molecular weight is 179 g/mol. The lowest BCUT2D eigenvalue weighted by Crippen LogP contribution is -2.33. The lowest BCUT2D eigenvalue weighted by molar-refractivity contribution is 0.306. The summed E-state index contributed by atoms with van der Waals surface area (Å²) in [5.74, 6) is 1.70. The lowest BCUT2D eigenvalue weighted by atomic mass is 10.3. The van der Waals surface area contributed by atoms with Crippen LogP contribution in [0.2, 0.25) is 0 Å². The van der Waals surface area contributed by atoms with Crippen molar-refractivity contribution in [3.8, 4) is 5.75 Å². The van der Waals surface area contributed by atoms with Crippen molar-refractivity contribution >= 4 is 11.5 Å².